The first kappa shape index (κ1) is 15.3. The van der Waals surface area contributed by atoms with Crippen molar-refractivity contribution in [2.75, 3.05) is 26.3 Å². The molecular weight excluding hydrogens is 256 g/mol. The highest BCUT2D eigenvalue weighted by Gasteiger charge is 2.28. The first-order valence-electron chi connectivity index (χ1n) is 7.62. The highest BCUT2D eigenvalue weighted by molar-refractivity contribution is 5.74. The smallest absolute Gasteiger partial charge is 0.317 e. The molecule has 2 N–H and O–H groups in total. The number of urea groups is 1. The molecule has 1 saturated heterocycles. The van der Waals surface area contributed by atoms with Crippen LogP contribution in [0.1, 0.15) is 32.6 Å². The number of nitrogens with zero attached hydrogens (tertiary/aromatic N) is 1. The lowest BCUT2D eigenvalue weighted by molar-refractivity contribution is -0.00446. The minimum Gasteiger partial charge on any atom is -0.393 e. The van der Waals surface area contributed by atoms with Gasteiger partial charge in [-0.1, -0.05) is 12.2 Å². The van der Waals surface area contributed by atoms with E-state index in [0.717, 1.165) is 25.8 Å². The zero-order valence-electron chi connectivity index (χ0n) is 12.3. The number of morpholine rings is 1. The molecule has 3 atom stereocenters. The lowest BCUT2D eigenvalue weighted by Gasteiger charge is -2.36. The fourth-order valence-corrected chi connectivity index (χ4v) is 2.89. The molecule has 1 fully saturated rings. The van der Waals surface area contributed by atoms with Crippen LogP contribution in [0.2, 0.25) is 0 Å². The maximum absolute atomic E-state index is 12.3. The first-order chi connectivity index (χ1) is 9.66. The number of ether oxygens (including phenoxy) is 1. The van der Waals surface area contributed by atoms with Crippen molar-refractivity contribution in [3.8, 4) is 0 Å². The van der Waals surface area contributed by atoms with Gasteiger partial charge in [-0.2, -0.15) is 0 Å². The number of hydrogen-bond donors (Lipinski definition) is 2. The van der Waals surface area contributed by atoms with Gasteiger partial charge in [0.15, 0.2) is 0 Å². The fourth-order valence-electron chi connectivity index (χ4n) is 2.89. The van der Waals surface area contributed by atoms with E-state index in [1.54, 1.807) is 6.92 Å². The number of carbonyl (C=O) groups excluding carboxylic acids is 1. The molecule has 0 radical (unpaired) electrons. The van der Waals surface area contributed by atoms with E-state index in [1.807, 2.05) is 4.90 Å². The molecule has 0 unspecified atom stereocenters. The standard InChI is InChI=1S/C15H26N2O3/c1-12(18)9-14-11-20-8-7-17(14)15(19)16-10-13-5-3-2-4-6-13/h2-3,12-14,18H,4-11H2,1H3,(H,16,19)/t12-,13-,14-/m0/s1. The van der Waals surface area contributed by atoms with E-state index < -0.39 is 6.10 Å². The number of aliphatic hydroxyl groups excluding tert-OH is 1. The van der Waals surface area contributed by atoms with Gasteiger partial charge in [0.25, 0.3) is 0 Å². The normalized spacial score (nSPS) is 28.2. The van der Waals surface area contributed by atoms with Crippen LogP contribution in [0.25, 0.3) is 0 Å². The van der Waals surface area contributed by atoms with Gasteiger partial charge in [0.05, 0.1) is 25.4 Å². The quantitative estimate of drug-likeness (QED) is 0.769. The number of aliphatic hydroxyl groups is 1. The minimum atomic E-state index is -0.416. The van der Waals surface area contributed by atoms with Crippen LogP contribution in [-0.4, -0.2) is 54.5 Å². The van der Waals surface area contributed by atoms with Gasteiger partial charge in [-0.15, -0.1) is 0 Å². The molecule has 0 spiro atoms. The van der Waals surface area contributed by atoms with Crippen LogP contribution in [-0.2, 0) is 4.74 Å². The molecule has 20 heavy (non-hydrogen) atoms. The van der Waals surface area contributed by atoms with Crippen LogP contribution >= 0.6 is 0 Å². The van der Waals surface area contributed by atoms with E-state index in [-0.39, 0.29) is 12.1 Å². The predicted octanol–water partition coefficient (Wildman–Crippen LogP) is 1.52. The lowest BCUT2D eigenvalue weighted by Crippen LogP contribution is -2.53. The molecule has 5 nitrogen and oxygen atoms in total. The van der Waals surface area contributed by atoms with Crippen LogP contribution < -0.4 is 5.32 Å². The number of rotatable bonds is 4. The average Bonchev–Trinajstić information content (AvgIpc) is 2.46. The maximum Gasteiger partial charge on any atom is 0.317 e. The summed E-state index contributed by atoms with van der Waals surface area (Å²) >= 11 is 0. The van der Waals surface area contributed by atoms with E-state index >= 15 is 0 Å². The molecule has 0 aromatic carbocycles. The Morgan fingerprint density at radius 1 is 1.55 bits per heavy atom. The van der Waals surface area contributed by atoms with Crippen LogP contribution in [0.3, 0.4) is 0 Å². The number of allylic oxidation sites excluding steroid dienone is 2. The van der Waals surface area contributed by atoms with Crippen molar-refractivity contribution in [1.82, 2.24) is 10.2 Å². The summed E-state index contributed by atoms with van der Waals surface area (Å²) in [5.74, 6) is 0.556. The molecule has 1 aliphatic heterocycles. The summed E-state index contributed by atoms with van der Waals surface area (Å²) in [6.07, 6.45) is 7.88. The van der Waals surface area contributed by atoms with Crippen molar-refractivity contribution < 1.29 is 14.6 Å². The van der Waals surface area contributed by atoms with Crippen molar-refractivity contribution in [1.29, 1.82) is 0 Å². The number of nitrogens with one attached hydrogen (secondary N) is 1. The van der Waals surface area contributed by atoms with E-state index in [2.05, 4.69) is 17.5 Å². The zero-order valence-corrected chi connectivity index (χ0v) is 12.3. The second kappa shape index (κ2) is 7.64. The molecule has 0 saturated carbocycles. The number of carbonyl (C=O) groups is 1. The minimum absolute atomic E-state index is 0.0185. The second-order valence-electron chi connectivity index (χ2n) is 5.84. The van der Waals surface area contributed by atoms with Crippen LogP contribution in [0, 0.1) is 5.92 Å². The topological polar surface area (TPSA) is 61.8 Å². The molecule has 0 bridgehead atoms. The Hall–Kier alpha value is -1.07. The van der Waals surface area contributed by atoms with Gasteiger partial charge >= 0.3 is 6.03 Å². The molecule has 2 aliphatic rings. The first-order valence-corrected chi connectivity index (χ1v) is 7.62. The van der Waals surface area contributed by atoms with Gasteiger partial charge in [0, 0.05) is 13.1 Å². The molecule has 114 valence electrons. The second-order valence-corrected chi connectivity index (χ2v) is 5.84. The summed E-state index contributed by atoms with van der Waals surface area (Å²) in [7, 11) is 0. The van der Waals surface area contributed by atoms with Gasteiger partial charge < -0.3 is 20.1 Å². The Balaban J connectivity index is 1.80. The monoisotopic (exact) mass is 282 g/mol. The molecule has 0 aromatic rings. The Morgan fingerprint density at radius 2 is 2.40 bits per heavy atom. The lowest BCUT2D eigenvalue weighted by atomic mass is 9.94. The molecule has 0 aromatic heterocycles. The molecule has 1 aliphatic carbocycles. The molecular formula is C15H26N2O3. The Morgan fingerprint density at radius 3 is 3.10 bits per heavy atom. The fraction of sp³-hybridized carbons (Fsp3) is 0.800. The van der Waals surface area contributed by atoms with Gasteiger partial charge in [-0.25, -0.2) is 4.79 Å². The summed E-state index contributed by atoms with van der Waals surface area (Å²) in [5, 5.41) is 12.6. The zero-order chi connectivity index (χ0) is 14.4. The van der Waals surface area contributed by atoms with Crippen LogP contribution in [0.4, 0.5) is 4.79 Å². The van der Waals surface area contributed by atoms with Crippen LogP contribution in [0.15, 0.2) is 12.2 Å². The van der Waals surface area contributed by atoms with Gasteiger partial charge in [0.2, 0.25) is 0 Å². The Kier molecular flexibility index (Phi) is 5.86. The number of amides is 2. The number of hydrogen-bond acceptors (Lipinski definition) is 3. The predicted molar refractivity (Wildman–Crippen MR) is 77.5 cm³/mol. The van der Waals surface area contributed by atoms with Crippen LogP contribution in [0.5, 0.6) is 0 Å². The van der Waals surface area contributed by atoms with Crippen molar-refractivity contribution in [3.05, 3.63) is 12.2 Å². The third-order valence-corrected chi connectivity index (χ3v) is 4.02. The molecule has 5 heteroatoms. The SMILES string of the molecule is C[C@H](O)C[C@H]1COCCN1C(=O)NC[C@H]1CC=CCC1. The third kappa shape index (κ3) is 4.49. The van der Waals surface area contributed by atoms with Gasteiger partial charge in [-0.05, 0) is 38.5 Å². The van der Waals surface area contributed by atoms with Crippen molar-refractivity contribution in [2.45, 2.75) is 44.8 Å². The summed E-state index contributed by atoms with van der Waals surface area (Å²) in [6, 6.07) is -0.0384. The van der Waals surface area contributed by atoms with Gasteiger partial charge in [0.1, 0.15) is 0 Å². The molecule has 1 heterocycles. The van der Waals surface area contributed by atoms with Gasteiger partial charge in [-0.3, -0.25) is 0 Å². The maximum atomic E-state index is 12.3. The summed E-state index contributed by atoms with van der Waals surface area (Å²) in [6.45, 7) is 4.19. The summed E-state index contributed by atoms with van der Waals surface area (Å²) < 4.78 is 5.42. The summed E-state index contributed by atoms with van der Waals surface area (Å²) in [4.78, 5) is 14.1. The molecule has 2 amide bonds. The largest absolute Gasteiger partial charge is 0.393 e. The van der Waals surface area contributed by atoms with Crippen molar-refractivity contribution in [2.24, 2.45) is 5.92 Å². The van der Waals surface area contributed by atoms with Crippen molar-refractivity contribution >= 4 is 6.03 Å². The third-order valence-electron chi connectivity index (χ3n) is 4.02. The van der Waals surface area contributed by atoms with E-state index in [0.29, 0.717) is 32.1 Å². The Bertz CT molecular complexity index is 344. The van der Waals surface area contributed by atoms with E-state index in [9.17, 15) is 9.90 Å². The highest BCUT2D eigenvalue weighted by Crippen LogP contribution is 2.18. The van der Waals surface area contributed by atoms with E-state index in [1.165, 1.54) is 0 Å². The van der Waals surface area contributed by atoms with E-state index in [4.69, 9.17) is 4.74 Å². The highest BCUT2D eigenvalue weighted by atomic mass is 16.5. The average molecular weight is 282 g/mol. The molecule has 2 rings (SSSR count). The Labute approximate surface area is 121 Å². The van der Waals surface area contributed by atoms with Crippen molar-refractivity contribution in [3.63, 3.8) is 0 Å². The summed E-state index contributed by atoms with van der Waals surface area (Å²) in [5.41, 5.74) is 0.